The summed E-state index contributed by atoms with van der Waals surface area (Å²) in [5.74, 6) is 1.96. The van der Waals surface area contributed by atoms with E-state index in [1.165, 1.54) is 11.1 Å². The lowest BCUT2D eigenvalue weighted by molar-refractivity contribution is -0.174. The molecule has 5 aliphatic rings. The maximum Gasteiger partial charge on any atom is 0.410 e. The van der Waals surface area contributed by atoms with Gasteiger partial charge >= 0.3 is 6.09 Å². The van der Waals surface area contributed by atoms with E-state index in [0.717, 1.165) is 57.1 Å². The van der Waals surface area contributed by atoms with Crippen LogP contribution in [-0.2, 0) is 21.4 Å². The number of rotatable bonds is 2. The first-order chi connectivity index (χ1) is 19.7. The third kappa shape index (κ3) is 4.34. The molecule has 0 aromatic carbocycles. The first-order valence-electron chi connectivity index (χ1n) is 16.8. The van der Waals surface area contributed by atoms with Crippen LogP contribution in [0, 0.1) is 44.8 Å². The largest absolute Gasteiger partial charge is 0.444 e. The van der Waals surface area contributed by atoms with Crippen LogP contribution in [0.5, 0.6) is 0 Å². The van der Waals surface area contributed by atoms with Crippen molar-refractivity contribution in [1.29, 1.82) is 0 Å². The van der Waals surface area contributed by atoms with E-state index in [4.69, 9.17) is 9.26 Å². The molecular weight excluding hydrogens is 536 g/mol. The fourth-order valence-corrected chi connectivity index (χ4v) is 11.6. The van der Waals surface area contributed by atoms with Crippen molar-refractivity contribution in [2.24, 2.45) is 44.8 Å². The highest BCUT2D eigenvalue weighted by molar-refractivity contribution is 5.95. The van der Waals surface area contributed by atoms with Crippen molar-refractivity contribution in [2.45, 2.75) is 132 Å². The van der Waals surface area contributed by atoms with Gasteiger partial charge in [-0.3, -0.25) is 4.79 Å². The fourth-order valence-electron chi connectivity index (χ4n) is 11.6. The standard InChI is InChI=1S/C37H56N2O4/c1-31(2,3)42-30(41)39(11)22-37-16-14-32(4,5)20-24(37)28-25(40)18-27-34(8)19-23-21-38-43-29(23)33(6,7)26(34)12-13-35(27,9)36(28,10)15-17-37/h18,21,24,26,28H,12-17,19-20,22H2,1-11H3/t24-,26-,28-,34-,35+,36+,37+/m0/s1. The van der Waals surface area contributed by atoms with Crippen molar-refractivity contribution in [3.63, 3.8) is 0 Å². The molecule has 6 heteroatoms. The summed E-state index contributed by atoms with van der Waals surface area (Å²) in [5.41, 5.74) is 1.70. The van der Waals surface area contributed by atoms with E-state index in [2.05, 4.69) is 59.7 Å². The van der Waals surface area contributed by atoms with Crippen LogP contribution in [0.25, 0.3) is 0 Å². The van der Waals surface area contributed by atoms with Crippen molar-refractivity contribution in [3.05, 3.63) is 29.2 Å². The summed E-state index contributed by atoms with van der Waals surface area (Å²) in [5, 5.41) is 4.23. The summed E-state index contributed by atoms with van der Waals surface area (Å²) in [7, 11) is 1.89. The molecule has 3 fully saturated rings. The normalized spacial score (nSPS) is 41.0. The molecule has 6 rings (SSSR count). The van der Waals surface area contributed by atoms with E-state index in [9.17, 15) is 9.59 Å². The van der Waals surface area contributed by atoms with Gasteiger partial charge in [0.1, 0.15) is 11.4 Å². The van der Waals surface area contributed by atoms with Gasteiger partial charge in [-0.2, -0.15) is 0 Å². The SMILES string of the molecule is CN(C[C@]12CCC(C)(C)C[C@H]1[C@H]1C(=O)C=C3[C@@]4(C)Cc5cnoc5C(C)(C)[C@@H]4CC[C@@]3(C)[C@]1(C)CC2)C(=O)OC(C)(C)C. The molecule has 1 aromatic rings. The molecule has 7 atom stereocenters. The van der Waals surface area contributed by atoms with Crippen LogP contribution in [0.3, 0.4) is 0 Å². The Kier molecular flexibility index (Phi) is 6.63. The number of carbonyl (C=O) groups excluding carboxylic acids is 2. The Hall–Kier alpha value is -2.11. The van der Waals surface area contributed by atoms with Crippen LogP contribution in [0.1, 0.15) is 126 Å². The number of allylic oxidation sites excluding steroid dienone is 2. The summed E-state index contributed by atoms with van der Waals surface area (Å²) in [4.78, 5) is 29.8. The lowest BCUT2D eigenvalue weighted by Gasteiger charge is -2.70. The quantitative estimate of drug-likeness (QED) is 0.344. The Morgan fingerprint density at radius 1 is 1.05 bits per heavy atom. The maximum atomic E-state index is 14.8. The number of amides is 1. The zero-order valence-electron chi connectivity index (χ0n) is 28.8. The summed E-state index contributed by atoms with van der Waals surface area (Å²) in [6.45, 7) is 23.2. The smallest absolute Gasteiger partial charge is 0.410 e. The average molecular weight is 593 g/mol. The van der Waals surface area contributed by atoms with Crippen molar-refractivity contribution in [3.8, 4) is 0 Å². The van der Waals surface area contributed by atoms with Gasteiger partial charge in [0.05, 0.1) is 6.20 Å². The molecular formula is C37H56N2O4. The van der Waals surface area contributed by atoms with Gasteiger partial charge in [0.2, 0.25) is 0 Å². The number of aromatic nitrogens is 1. The second kappa shape index (κ2) is 9.22. The molecule has 1 heterocycles. The molecule has 1 amide bonds. The number of ether oxygens (including phenoxy) is 1. The molecule has 0 spiro atoms. The van der Waals surface area contributed by atoms with Gasteiger partial charge in [0.15, 0.2) is 5.78 Å². The summed E-state index contributed by atoms with van der Waals surface area (Å²) in [6, 6.07) is 0. The monoisotopic (exact) mass is 592 g/mol. The van der Waals surface area contributed by atoms with Gasteiger partial charge in [-0.1, -0.05) is 59.2 Å². The molecule has 0 saturated heterocycles. The van der Waals surface area contributed by atoms with Crippen molar-refractivity contribution in [1.82, 2.24) is 10.1 Å². The molecule has 1 aromatic heterocycles. The van der Waals surface area contributed by atoms with Gasteiger partial charge in [-0.25, -0.2) is 4.79 Å². The van der Waals surface area contributed by atoms with Gasteiger partial charge in [0.25, 0.3) is 0 Å². The Labute approximate surface area is 259 Å². The van der Waals surface area contributed by atoms with Gasteiger partial charge in [-0.15, -0.1) is 0 Å². The van der Waals surface area contributed by atoms with E-state index in [-0.39, 0.29) is 50.4 Å². The minimum absolute atomic E-state index is 0.0375. The topological polar surface area (TPSA) is 72.6 Å². The molecule has 6 nitrogen and oxygen atoms in total. The number of carbonyl (C=O) groups is 2. The second-order valence-electron chi connectivity index (χ2n) is 18.4. The predicted octanol–water partition coefficient (Wildman–Crippen LogP) is 8.54. The lowest BCUT2D eigenvalue weighted by atomic mass is 9.34. The molecule has 0 aliphatic heterocycles. The van der Waals surface area contributed by atoms with Crippen LogP contribution in [0.4, 0.5) is 4.79 Å². The fraction of sp³-hybridized carbons (Fsp3) is 0.811. The molecule has 3 saturated carbocycles. The third-order valence-corrected chi connectivity index (χ3v) is 13.8. The molecule has 238 valence electrons. The van der Waals surface area contributed by atoms with Crippen molar-refractivity contribution < 1.29 is 18.8 Å². The maximum absolute atomic E-state index is 14.8. The second-order valence-corrected chi connectivity index (χ2v) is 18.4. The van der Waals surface area contributed by atoms with Crippen LogP contribution in [-0.4, -0.2) is 41.1 Å². The van der Waals surface area contributed by atoms with E-state index >= 15 is 0 Å². The van der Waals surface area contributed by atoms with E-state index in [1.54, 1.807) is 0 Å². The molecule has 0 radical (unpaired) electrons. The number of hydrogen-bond acceptors (Lipinski definition) is 5. The molecule has 0 unspecified atom stereocenters. The number of nitrogens with zero attached hydrogens (tertiary/aromatic N) is 2. The van der Waals surface area contributed by atoms with Crippen molar-refractivity contribution in [2.75, 3.05) is 13.6 Å². The summed E-state index contributed by atoms with van der Waals surface area (Å²) < 4.78 is 11.6. The highest BCUT2D eigenvalue weighted by atomic mass is 16.6. The van der Waals surface area contributed by atoms with E-state index in [1.807, 2.05) is 38.9 Å². The van der Waals surface area contributed by atoms with Crippen molar-refractivity contribution >= 4 is 11.9 Å². The van der Waals surface area contributed by atoms with E-state index in [0.29, 0.717) is 18.2 Å². The number of fused-ring (bicyclic) bond motifs is 8. The minimum atomic E-state index is -0.535. The lowest BCUT2D eigenvalue weighted by Crippen LogP contribution is -2.66. The van der Waals surface area contributed by atoms with Gasteiger partial charge in [-0.05, 0) is 117 Å². The number of ketones is 1. The number of hydrogen-bond donors (Lipinski definition) is 0. The Morgan fingerprint density at radius 3 is 2.40 bits per heavy atom. The molecule has 5 aliphatic carbocycles. The zero-order valence-corrected chi connectivity index (χ0v) is 28.8. The molecule has 0 N–H and O–H groups in total. The van der Waals surface area contributed by atoms with Crippen LogP contribution in [0.2, 0.25) is 0 Å². The predicted molar refractivity (Wildman–Crippen MR) is 169 cm³/mol. The van der Waals surface area contributed by atoms with Crippen LogP contribution >= 0.6 is 0 Å². The van der Waals surface area contributed by atoms with Crippen LogP contribution < -0.4 is 0 Å². The Morgan fingerprint density at radius 2 is 1.72 bits per heavy atom. The summed E-state index contributed by atoms with van der Waals surface area (Å²) >= 11 is 0. The zero-order chi connectivity index (χ0) is 31.6. The average Bonchev–Trinajstić information content (AvgIpc) is 3.34. The third-order valence-electron chi connectivity index (χ3n) is 13.8. The minimum Gasteiger partial charge on any atom is -0.444 e. The van der Waals surface area contributed by atoms with Crippen LogP contribution in [0.15, 0.2) is 22.4 Å². The Bertz CT molecular complexity index is 1360. The Balaban J connectivity index is 1.42. The van der Waals surface area contributed by atoms with Gasteiger partial charge in [0, 0.05) is 30.5 Å². The van der Waals surface area contributed by atoms with E-state index < -0.39 is 5.60 Å². The first-order valence-corrected chi connectivity index (χ1v) is 16.8. The highest BCUT2D eigenvalue weighted by Crippen LogP contribution is 2.74. The molecule has 0 bridgehead atoms. The first kappa shape index (κ1) is 30.9. The molecule has 43 heavy (non-hydrogen) atoms. The summed E-state index contributed by atoms with van der Waals surface area (Å²) in [6.07, 6.45) is 12.2. The van der Waals surface area contributed by atoms with Gasteiger partial charge < -0.3 is 14.2 Å². The highest BCUT2D eigenvalue weighted by Gasteiger charge is 2.70.